The van der Waals surface area contributed by atoms with Gasteiger partial charge in [-0.1, -0.05) is 25.5 Å². The van der Waals surface area contributed by atoms with Crippen LogP contribution in [-0.2, 0) is 11.2 Å². The molecule has 0 fully saturated rings. The molecule has 0 aromatic heterocycles. The number of hydrogen-bond donors (Lipinski definition) is 2. The van der Waals surface area contributed by atoms with Gasteiger partial charge in [0.2, 0.25) is 0 Å². The second-order valence-corrected chi connectivity index (χ2v) is 5.14. The third kappa shape index (κ3) is 5.61. The van der Waals surface area contributed by atoms with Crippen molar-refractivity contribution in [1.82, 2.24) is 5.32 Å². The number of hydrogen-bond acceptors (Lipinski definition) is 3. The molecule has 3 N–H and O–H groups in total. The molecule has 0 bridgehead atoms. The Kier molecular flexibility index (Phi) is 7.09. The summed E-state index contributed by atoms with van der Waals surface area (Å²) < 4.78 is 5.69. The van der Waals surface area contributed by atoms with Crippen molar-refractivity contribution in [2.75, 3.05) is 6.54 Å². The molecule has 4 nitrogen and oxygen atoms in total. The molecule has 0 radical (unpaired) electrons. The minimum absolute atomic E-state index is 0.0739. The Hall–Kier alpha value is -1.55. The maximum atomic E-state index is 12.0. The van der Waals surface area contributed by atoms with Crippen LogP contribution in [0.25, 0.3) is 0 Å². The zero-order valence-electron chi connectivity index (χ0n) is 12.7. The lowest BCUT2D eigenvalue weighted by molar-refractivity contribution is -0.127. The van der Waals surface area contributed by atoms with Gasteiger partial charge in [0.05, 0.1) is 0 Å². The van der Waals surface area contributed by atoms with Crippen LogP contribution in [0.3, 0.4) is 0 Å². The molecule has 1 aromatic rings. The molecule has 0 heterocycles. The Balaban J connectivity index is 2.54. The van der Waals surface area contributed by atoms with E-state index in [4.69, 9.17) is 10.5 Å². The molecule has 0 saturated carbocycles. The summed E-state index contributed by atoms with van der Waals surface area (Å²) in [6.07, 6.45) is 2.34. The van der Waals surface area contributed by atoms with Gasteiger partial charge in [0.15, 0.2) is 6.10 Å². The van der Waals surface area contributed by atoms with Gasteiger partial charge < -0.3 is 15.8 Å². The molecule has 1 amide bonds. The molecule has 112 valence electrons. The van der Waals surface area contributed by atoms with Crippen molar-refractivity contribution in [2.45, 2.75) is 52.2 Å². The van der Waals surface area contributed by atoms with Gasteiger partial charge in [-0.25, -0.2) is 0 Å². The van der Waals surface area contributed by atoms with Gasteiger partial charge in [0.1, 0.15) is 5.75 Å². The van der Waals surface area contributed by atoms with E-state index in [9.17, 15) is 4.79 Å². The van der Waals surface area contributed by atoms with E-state index in [1.165, 1.54) is 0 Å². The molecule has 4 heteroatoms. The lowest BCUT2D eigenvalue weighted by Crippen LogP contribution is -2.41. The number of benzene rings is 1. The third-order valence-electron chi connectivity index (χ3n) is 3.12. The van der Waals surface area contributed by atoms with E-state index in [-0.39, 0.29) is 11.9 Å². The summed E-state index contributed by atoms with van der Waals surface area (Å²) in [6.45, 7) is 6.49. The first-order valence-corrected chi connectivity index (χ1v) is 7.32. The van der Waals surface area contributed by atoms with Crippen LogP contribution in [-0.4, -0.2) is 24.6 Å². The summed E-state index contributed by atoms with van der Waals surface area (Å²) in [5, 5.41) is 2.96. The van der Waals surface area contributed by atoms with Crippen LogP contribution in [0.4, 0.5) is 0 Å². The first-order valence-electron chi connectivity index (χ1n) is 7.32. The van der Waals surface area contributed by atoms with E-state index in [0.717, 1.165) is 24.8 Å². The Bertz CT molecular complexity index is 421. The van der Waals surface area contributed by atoms with Gasteiger partial charge in [-0.15, -0.1) is 0 Å². The quantitative estimate of drug-likeness (QED) is 0.766. The molecule has 0 aliphatic rings. The number of nitrogens with two attached hydrogens (primary N) is 1. The number of rotatable bonds is 8. The van der Waals surface area contributed by atoms with Crippen LogP contribution in [0.15, 0.2) is 24.3 Å². The molecule has 0 aliphatic heterocycles. The summed E-state index contributed by atoms with van der Waals surface area (Å²) in [4.78, 5) is 12.0. The molecular weight excluding hydrogens is 252 g/mol. The van der Waals surface area contributed by atoms with Crippen molar-refractivity contribution in [3.63, 3.8) is 0 Å². The molecule has 1 rings (SSSR count). The van der Waals surface area contributed by atoms with Gasteiger partial charge >= 0.3 is 0 Å². The summed E-state index contributed by atoms with van der Waals surface area (Å²) >= 11 is 0. The van der Waals surface area contributed by atoms with E-state index in [1.54, 1.807) is 6.92 Å². The Labute approximate surface area is 121 Å². The third-order valence-corrected chi connectivity index (χ3v) is 3.12. The summed E-state index contributed by atoms with van der Waals surface area (Å²) in [6, 6.07) is 7.91. The van der Waals surface area contributed by atoms with E-state index in [0.29, 0.717) is 12.3 Å². The highest BCUT2D eigenvalue weighted by Crippen LogP contribution is 2.15. The zero-order chi connectivity index (χ0) is 15.0. The molecule has 2 unspecified atom stereocenters. The molecule has 2 atom stereocenters. The van der Waals surface area contributed by atoms with Crippen LogP contribution >= 0.6 is 0 Å². The largest absolute Gasteiger partial charge is 0.481 e. The van der Waals surface area contributed by atoms with Gasteiger partial charge in [0.25, 0.3) is 5.91 Å². The number of ether oxygens (including phenoxy) is 1. The second kappa shape index (κ2) is 8.59. The van der Waals surface area contributed by atoms with Crippen molar-refractivity contribution in [3.8, 4) is 5.75 Å². The number of amides is 1. The van der Waals surface area contributed by atoms with E-state index in [1.807, 2.05) is 31.2 Å². The number of carbonyl (C=O) groups excluding carboxylic acids is 1. The van der Waals surface area contributed by atoms with Crippen LogP contribution < -0.4 is 15.8 Å². The predicted octanol–water partition coefficient (Wildman–Crippen LogP) is 2.26. The molecule has 0 saturated heterocycles. The standard InChI is InChI=1S/C16H26N2O2/c1-4-6-12(2)18-16(19)13(3)20-15-8-5-7-14(11-15)9-10-17/h5,7-8,11-13H,4,6,9-10,17H2,1-3H3,(H,18,19). The van der Waals surface area contributed by atoms with E-state index < -0.39 is 6.10 Å². The summed E-state index contributed by atoms with van der Waals surface area (Å²) in [5.74, 6) is 0.636. The highest BCUT2D eigenvalue weighted by atomic mass is 16.5. The van der Waals surface area contributed by atoms with Gasteiger partial charge in [-0.2, -0.15) is 0 Å². The van der Waals surface area contributed by atoms with Crippen molar-refractivity contribution in [2.24, 2.45) is 5.73 Å². The lowest BCUT2D eigenvalue weighted by Gasteiger charge is -2.18. The minimum atomic E-state index is -0.498. The molecule has 1 aromatic carbocycles. The molecule has 20 heavy (non-hydrogen) atoms. The fourth-order valence-corrected chi connectivity index (χ4v) is 2.06. The van der Waals surface area contributed by atoms with Crippen LogP contribution in [0, 0.1) is 0 Å². The fourth-order valence-electron chi connectivity index (χ4n) is 2.06. The number of carbonyl (C=O) groups is 1. The molecular formula is C16H26N2O2. The predicted molar refractivity (Wildman–Crippen MR) is 81.8 cm³/mol. The molecule has 0 aliphatic carbocycles. The Morgan fingerprint density at radius 3 is 2.80 bits per heavy atom. The zero-order valence-corrected chi connectivity index (χ0v) is 12.7. The van der Waals surface area contributed by atoms with Gasteiger partial charge in [0, 0.05) is 6.04 Å². The van der Waals surface area contributed by atoms with Crippen molar-refractivity contribution < 1.29 is 9.53 Å². The normalized spacial score (nSPS) is 13.6. The first-order chi connectivity index (χ1) is 9.56. The van der Waals surface area contributed by atoms with Crippen molar-refractivity contribution in [3.05, 3.63) is 29.8 Å². The van der Waals surface area contributed by atoms with Gasteiger partial charge in [-0.3, -0.25) is 4.79 Å². The Morgan fingerprint density at radius 1 is 1.40 bits per heavy atom. The van der Waals surface area contributed by atoms with E-state index in [2.05, 4.69) is 12.2 Å². The molecule has 0 spiro atoms. The van der Waals surface area contributed by atoms with Crippen molar-refractivity contribution in [1.29, 1.82) is 0 Å². The Morgan fingerprint density at radius 2 is 2.15 bits per heavy atom. The minimum Gasteiger partial charge on any atom is -0.481 e. The highest BCUT2D eigenvalue weighted by molar-refractivity contribution is 5.80. The summed E-state index contributed by atoms with van der Waals surface area (Å²) in [7, 11) is 0. The average molecular weight is 278 g/mol. The van der Waals surface area contributed by atoms with Crippen LogP contribution in [0.1, 0.15) is 39.2 Å². The maximum absolute atomic E-state index is 12.0. The summed E-state index contributed by atoms with van der Waals surface area (Å²) in [5.41, 5.74) is 6.66. The lowest BCUT2D eigenvalue weighted by atomic mass is 10.1. The second-order valence-electron chi connectivity index (χ2n) is 5.14. The topological polar surface area (TPSA) is 64.3 Å². The number of nitrogens with one attached hydrogen (secondary N) is 1. The fraction of sp³-hybridized carbons (Fsp3) is 0.562. The van der Waals surface area contributed by atoms with E-state index >= 15 is 0 Å². The van der Waals surface area contributed by atoms with Gasteiger partial charge in [-0.05, 0) is 50.9 Å². The SMILES string of the molecule is CCCC(C)NC(=O)C(C)Oc1cccc(CCN)c1. The maximum Gasteiger partial charge on any atom is 0.260 e. The monoisotopic (exact) mass is 278 g/mol. The first kappa shape index (κ1) is 16.5. The average Bonchev–Trinajstić information content (AvgIpc) is 2.39. The van der Waals surface area contributed by atoms with Crippen LogP contribution in [0.2, 0.25) is 0 Å². The van der Waals surface area contributed by atoms with Crippen molar-refractivity contribution >= 4 is 5.91 Å². The smallest absolute Gasteiger partial charge is 0.260 e. The van der Waals surface area contributed by atoms with Crippen LogP contribution in [0.5, 0.6) is 5.75 Å². The highest BCUT2D eigenvalue weighted by Gasteiger charge is 2.16.